The minimum absolute atomic E-state index is 0.0721. The monoisotopic (exact) mass is 424 g/mol. The second-order valence-corrected chi connectivity index (χ2v) is 7.78. The maximum Gasteiger partial charge on any atom is 0.258 e. The first-order valence-electron chi connectivity index (χ1n) is 9.15. The zero-order valence-corrected chi connectivity index (χ0v) is 17.0. The molecule has 2 aromatic heterocycles. The van der Waals surface area contributed by atoms with Crippen LogP contribution in [0.15, 0.2) is 35.3 Å². The Labute approximate surface area is 175 Å². The van der Waals surface area contributed by atoms with E-state index in [1.54, 1.807) is 7.05 Å². The van der Waals surface area contributed by atoms with Crippen LogP contribution in [-0.2, 0) is 7.05 Å². The molecule has 1 amide bonds. The van der Waals surface area contributed by atoms with Crippen LogP contribution in [0, 0.1) is 23.6 Å². The smallest absolute Gasteiger partial charge is 0.258 e. The van der Waals surface area contributed by atoms with Crippen molar-refractivity contribution in [1.29, 1.82) is 0 Å². The molecule has 7 nitrogen and oxygen atoms in total. The third kappa shape index (κ3) is 4.23. The summed E-state index contributed by atoms with van der Waals surface area (Å²) in [6.45, 7) is 0. The van der Waals surface area contributed by atoms with Crippen LogP contribution < -0.4 is 15.6 Å². The first-order valence-corrected chi connectivity index (χ1v) is 9.97. The van der Waals surface area contributed by atoms with Crippen LogP contribution in [0.5, 0.6) is 5.75 Å². The molecule has 9 heteroatoms. The lowest BCUT2D eigenvalue weighted by Gasteiger charge is -2.14. The van der Waals surface area contributed by atoms with Crippen molar-refractivity contribution >= 4 is 22.4 Å². The highest BCUT2D eigenvalue weighted by atomic mass is 32.1. The summed E-state index contributed by atoms with van der Waals surface area (Å²) in [5.41, 5.74) is 0.394. The molecule has 0 aliphatic heterocycles. The number of pyridine rings is 1. The van der Waals surface area contributed by atoms with Crippen LogP contribution in [0.2, 0.25) is 0 Å². The molecule has 2 heterocycles. The van der Waals surface area contributed by atoms with E-state index < -0.39 is 11.7 Å². The molecule has 0 bridgehead atoms. The van der Waals surface area contributed by atoms with E-state index in [1.165, 1.54) is 42.1 Å². The van der Waals surface area contributed by atoms with Crippen LogP contribution >= 0.6 is 11.3 Å². The van der Waals surface area contributed by atoms with Gasteiger partial charge in [-0.2, -0.15) is 0 Å². The highest BCUT2D eigenvalue weighted by Gasteiger charge is 2.20. The van der Waals surface area contributed by atoms with Gasteiger partial charge in [-0.25, -0.2) is 4.39 Å². The van der Waals surface area contributed by atoms with Crippen molar-refractivity contribution in [1.82, 2.24) is 14.8 Å². The van der Waals surface area contributed by atoms with Crippen molar-refractivity contribution in [2.75, 3.05) is 12.4 Å². The van der Waals surface area contributed by atoms with Gasteiger partial charge in [0.25, 0.3) is 11.5 Å². The number of carbonyl (C=O) groups is 1. The first kappa shape index (κ1) is 19.8. The lowest BCUT2D eigenvalue weighted by molar-refractivity contribution is 0.102. The molecule has 0 radical (unpaired) electrons. The molecule has 0 saturated heterocycles. The Morgan fingerprint density at radius 2 is 2.10 bits per heavy atom. The standard InChI is InChI=1S/C21H17FN4O3S/c1-26-11-16(14-9-13(22)6-7-17(14)29-2)15(10-19(26)27)20(28)23-21-25-24-18(30-21)8-5-12-3-4-12/h6-7,9-12H,3-4H2,1-2H3,(H,23,25,28). The van der Waals surface area contributed by atoms with Crippen LogP contribution in [0.25, 0.3) is 11.1 Å². The molecule has 0 unspecified atom stereocenters. The number of anilines is 1. The summed E-state index contributed by atoms with van der Waals surface area (Å²) in [6.07, 6.45) is 3.68. The Balaban J connectivity index is 1.69. The molecule has 3 aromatic rings. The lowest BCUT2D eigenvalue weighted by atomic mass is 10.00. The van der Waals surface area contributed by atoms with Crippen molar-refractivity contribution in [3.63, 3.8) is 0 Å². The molecule has 1 aromatic carbocycles. The summed E-state index contributed by atoms with van der Waals surface area (Å²) < 4.78 is 20.5. The molecule has 4 rings (SSSR count). The number of nitrogens with one attached hydrogen (secondary N) is 1. The minimum Gasteiger partial charge on any atom is -0.496 e. The number of methoxy groups -OCH3 is 1. The van der Waals surface area contributed by atoms with Gasteiger partial charge >= 0.3 is 0 Å². The summed E-state index contributed by atoms with van der Waals surface area (Å²) in [6, 6.07) is 5.18. The fourth-order valence-corrected chi connectivity index (χ4v) is 3.40. The summed E-state index contributed by atoms with van der Waals surface area (Å²) in [5.74, 6) is 5.78. The van der Waals surface area contributed by atoms with Crippen LogP contribution in [0.3, 0.4) is 0 Å². The zero-order valence-electron chi connectivity index (χ0n) is 16.2. The molecule has 1 N–H and O–H groups in total. The number of aromatic nitrogens is 3. The third-order valence-electron chi connectivity index (χ3n) is 4.53. The van der Waals surface area contributed by atoms with E-state index in [9.17, 15) is 14.0 Å². The maximum atomic E-state index is 13.9. The average molecular weight is 424 g/mol. The van der Waals surface area contributed by atoms with Gasteiger partial charge in [0, 0.05) is 36.4 Å². The van der Waals surface area contributed by atoms with Crippen LogP contribution in [0.1, 0.15) is 28.2 Å². The molecule has 30 heavy (non-hydrogen) atoms. The third-order valence-corrected chi connectivity index (χ3v) is 5.28. The number of benzene rings is 1. The topological polar surface area (TPSA) is 86.1 Å². The Morgan fingerprint density at radius 1 is 1.30 bits per heavy atom. The highest BCUT2D eigenvalue weighted by Crippen LogP contribution is 2.33. The quantitative estimate of drug-likeness (QED) is 0.651. The van der Waals surface area contributed by atoms with Crippen LogP contribution in [0.4, 0.5) is 9.52 Å². The minimum atomic E-state index is -0.563. The number of aryl methyl sites for hydroxylation is 1. The van der Waals surface area contributed by atoms with E-state index in [2.05, 4.69) is 27.4 Å². The number of halogens is 1. The largest absolute Gasteiger partial charge is 0.496 e. The number of amides is 1. The fourth-order valence-electron chi connectivity index (χ4n) is 2.80. The predicted molar refractivity (Wildman–Crippen MR) is 111 cm³/mol. The second-order valence-electron chi connectivity index (χ2n) is 6.80. The number of hydrogen-bond acceptors (Lipinski definition) is 6. The number of carbonyl (C=O) groups excluding carboxylic acids is 1. The van der Waals surface area contributed by atoms with E-state index in [1.807, 2.05) is 0 Å². The second kappa shape index (κ2) is 8.08. The van der Waals surface area contributed by atoms with Crippen molar-refractivity contribution in [2.45, 2.75) is 12.8 Å². The van der Waals surface area contributed by atoms with E-state index in [0.29, 0.717) is 27.8 Å². The Bertz CT molecular complexity index is 1250. The predicted octanol–water partition coefficient (Wildman–Crippen LogP) is 3.07. The Hall–Kier alpha value is -3.51. The van der Waals surface area contributed by atoms with E-state index >= 15 is 0 Å². The van der Waals surface area contributed by atoms with Crippen LogP contribution in [-0.4, -0.2) is 27.8 Å². The average Bonchev–Trinajstić information content (AvgIpc) is 3.46. The molecular weight excluding hydrogens is 407 g/mol. The Morgan fingerprint density at radius 3 is 2.83 bits per heavy atom. The number of hydrogen-bond donors (Lipinski definition) is 1. The van der Waals surface area contributed by atoms with Crippen molar-refractivity contribution in [3.05, 3.63) is 57.2 Å². The Kier molecular flexibility index (Phi) is 5.33. The number of rotatable bonds is 4. The summed E-state index contributed by atoms with van der Waals surface area (Å²) in [4.78, 5) is 25.1. The normalized spacial score (nSPS) is 12.8. The first-order chi connectivity index (χ1) is 14.4. The van der Waals surface area contributed by atoms with Gasteiger partial charge in [0.15, 0.2) is 5.01 Å². The van der Waals surface area contributed by atoms with Gasteiger partial charge in [0.2, 0.25) is 5.13 Å². The zero-order chi connectivity index (χ0) is 21.3. The van der Waals surface area contributed by atoms with Gasteiger partial charge < -0.3 is 9.30 Å². The van der Waals surface area contributed by atoms with Gasteiger partial charge in [-0.1, -0.05) is 17.3 Å². The molecule has 1 fully saturated rings. The van der Waals surface area contributed by atoms with Gasteiger partial charge in [0.1, 0.15) is 11.6 Å². The SMILES string of the molecule is COc1ccc(F)cc1-c1cn(C)c(=O)cc1C(=O)Nc1nnc(C#CC2CC2)s1. The van der Waals surface area contributed by atoms with Gasteiger partial charge in [0.05, 0.1) is 12.7 Å². The van der Waals surface area contributed by atoms with Gasteiger partial charge in [-0.05, 0) is 37.0 Å². The van der Waals surface area contributed by atoms with E-state index in [4.69, 9.17) is 4.74 Å². The van der Waals surface area contributed by atoms with Crippen molar-refractivity contribution in [3.8, 4) is 28.7 Å². The summed E-state index contributed by atoms with van der Waals surface area (Å²) in [5, 5.41) is 11.3. The molecule has 1 aliphatic carbocycles. The molecule has 1 aliphatic rings. The van der Waals surface area contributed by atoms with Crippen molar-refractivity contribution in [2.24, 2.45) is 13.0 Å². The number of ether oxygens (including phenoxy) is 1. The molecule has 152 valence electrons. The van der Waals surface area contributed by atoms with E-state index in [-0.39, 0.29) is 16.3 Å². The molecular formula is C21H17FN4O3S. The number of nitrogens with zero attached hydrogens (tertiary/aromatic N) is 3. The van der Waals surface area contributed by atoms with Gasteiger partial charge in [-0.3, -0.25) is 14.9 Å². The van der Waals surface area contributed by atoms with E-state index in [0.717, 1.165) is 24.2 Å². The molecule has 0 spiro atoms. The fraction of sp³-hybridized carbons (Fsp3) is 0.238. The van der Waals surface area contributed by atoms with Crippen molar-refractivity contribution < 1.29 is 13.9 Å². The lowest BCUT2D eigenvalue weighted by Crippen LogP contribution is -2.21. The highest BCUT2D eigenvalue weighted by molar-refractivity contribution is 7.15. The van der Waals surface area contributed by atoms with Gasteiger partial charge in [-0.15, -0.1) is 10.2 Å². The molecule has 0 atom stereocenters. The summed E-state index contributed by atoms with van der Waals surface area (Å²) >= 11 is 1.15. The maximum absolute atomic E-state index is 13.9. The summed E-state index contributed by atoms with van der Waals surface area (Å²) in [7, 11) is 3.00. The molecule has 1 saturated carbocycles.